The van der Waals surface area contributed by atoms with Gasteiger partial charge in [0.2, 0.25) is 5.91 Å². The summed E-state index contributed by atoms with van der Waals surface area (Å²) in [6.07, 6.45) is 3.04. The van der Waals surface area contributed by atoms with Gasteiger partial charge in [-0.15, -0.1) is 0 Å². The molecule has 0 spiro atoms. The number of carbonyl (C=O) groups excluding carboxylic acids is 1. The number of rotatable bonds is 3. The minimum absolute atomic E-state index is 0.310. The standard InChI is InChI=1S/C17H12N4O/c18-11-12-5-1-3-7-14(12)19-17(22)10-9-16-13-6-2-4-8-15(13)20-21-16/h1-10H,(H,19,22)(H,20,21)/b10-9+. The number of amides is 1. The molecule has 3 aromatic rings. The van der Waals surface area contributed by atoms with Crippen molar-refractivity contribution in [2.24, 2.45) is 0 Å². The zero-order chi connectivity index (χ0) is 15.4. The third-order valence-corrected chi connectivity index (χ3v) is 3.20. The molecule has 0 saturated heterocycles. The molecule has 1 aromatic heterocycles. The van der Waals surface area contributed by atoms with Crippen LogP contribution in [0.25, 0.3) is 17.0 Å². The van der Waals surface area contributed by atoms with Gasteiger partial charge in [0.1, 0.15) is 6.07 Å². The minimum atomic E-state index is -0.310. The first-order valence-corrected chi connectivity index (χ1v) is 6.69. The molecule has 1 heterocycles. The van der Waals surface area contributed by atoms with Crippen LogP contribution in [0.2, 0.25) is 0 Å². The lowest BCUT2D eigenvalue weighted by Crippen LogP contribution is -2.08. The fourth-order valence-corrected chi connectivity index (χ4v) is 2.13. The molecule has 0 atom stereocenters. The van der Waals surface area contributed by atoms with Crippen molar-refractivity contribution in [3.8, 4) is 6.07 Å². The molecule has 5 heteroatoms. The summed E-state index contributed by atoms with van der Waals surface area (Å²) >= 11 is 0. The second kappa shape index (κ2) is 5.94. The molecule has 2 N–H and O–H groups in total. The molecule has 0 aliphatic heterocycles. The van der Waals surface area contributed by atoms with E-state index in [0.717, 1.165) is 10.9 Å². The summed E-state index contributed by atoms with van der Waals surface area (Å²) in [6, 6.07) is 16.6. The van der Waals surface area contributed by atoms with Crippen molar-refractivity contribution in [1.82, 2.24) is 10.2 Å². The fourth-order valence-electron chi connectivity index (χ4n) is 2.13. The van der Waals surface area contributed by atoms with Gasteiger partial charge in [0.15, 0.2) is 0 Å². The van der Waals surface area contributed by atoms with Gasteiger partial charge in [-0.3, -0.25) is 9.89 Å². The highest BCUT2D eigenvalue weighted by molar-refractivity contribution is 6.03. The third kappa shape index (κ3) is 2.72. The van der Waals surface area contributed by atoms with Gasteiger partial charge >= 0.3 is 0 Å². The molecular formula is C17H12N4O. The van der Waals surface area contributed by atoms with Gasteiger partial charge in [0.25, 0.3) is 0 Å². The molecule has 1 amide bonds. The highest BCUT2D eigenvalue weighted by Crippen LogP contribution is 2.17. The first kappa shape index (κ1) is 13.6. The van der Waals surface area contributed by atoms with Crippen molar-refractivity contribution in [2.45, 2.75) is 0 Å². The molecule has 0 fully saturated rings. The average Bonchev–Trinajstić information content (AvgIpc) is 2.97. The number of hydrogen-bond acceptors (Lipinski definition) is 3. The van der Waals surface area contributed by atoms with E-state index in [1.807, 2.05) is 30.3 Å². The lowest BCUT2D eigenvalue weighted by atomic mass is 10.2. The summed E-state index contributed by atoms with van der Waals surface area (Å²) in [7, 11) is 0. The maximum atomic E-state index is 12.0. The summed E-state index contributed by atoms with van der Waals surface area (Å²) in [5.74, 6) is -0.310. The van der Waals surface area contributed by atoms with Crippen molar-refractivity contribution >= 4 is 28.6 Å². The van der Waals surface area contributed by atoms with Crippen LogP contribution in [0.1, 0.15) is 11.3 Å². The zero-order valence-corrected chi connectivity index (χ0v) is 11.6. The smallest absolute Gasteiger partial charge is 0.248 e. The summed E-state index contributed by atoms with van der Waals surface area (Å²) in [5.41, 5.74) is 2.53. The Morgan fingerprint density at radius 2 is 1.95 bits per heavy atom. The maximum absolute atomic E-state index is 12.0. The van der Waals surface area contributed by atoms with E-state index in [4.69, 9.17) is 5.26 Å². The Hall–Kier alpha value is -3.39. The molecular weight excluding hydrogens is 276 g/mol. The van der Waals surface area contributed by atoms with E-state index in [1.165, 1.54) is 6.08 Å². The van der Waals surface area contributed by atoms with E-state index in [1.54, 1.807) is 30.3 Å². The van der Waals surface area contributed by atoms with Crippen LogP contribution in [0.3, 0.4) is 0 Å². The largest absolute Gasteiger partial charge is 0.321 e. The monoisotopic (exact) mass is 288 g/mol. The molecule has 0 aliphatic carbocycles. The van der Waals surface area contributed by atoms with Gasteiger partial charge in [-0.2, -0.15) is 10.4 Å². The van der Waals surface area contributed by atoms with Crippen LogP contribution in [-0.2, 0) is 4.79 Å². The normalized spacial score (nSPS) is 10.7. The fraction of sp³-hybridized carbons (Fsp3) is 0. The van der Waals surface area contributed by atoms with E-state index in [9.17, 15) is 4.79 Å². The SMILES string of the molecule is N#Cc1ccccc1NC(=O)/C=C/c1n[nH]c2ccccc12. The summed E-state index contributed by atoms with van der Waals surface area (Å²) < 4.78 is 0. The lowest BCUT2D eigenvalue weighted by Gasteiger charge is -2.03. The Labute approximate surface area is 126 Å². The maximum Gasteiger partial charge on any atom is 0.248 e. The lowest BCUT2D eigenvalue weighted by molar-refractivity contribution is -0.111. The Kier molecular flexibility index (Phi) is 3.67. The predicted molar refractivity (Wildman–Crippen MR) is 84.9 cm³/mol. The number of nitrogens with one attached hydrogen (secondary N) is 2. The first-order valence-electron chi connectivity index (χ1n) is 6.69. The summed E-state index contributed by atoms with van der Waals surface area (Å²) in [4.78, 5) is 12.0. The highest BCUT2D eigenvalue weighted by atomic mass is 16.1. The molecule has 0 radical (unpaired) electrons. The van der Waals surface area contributed by atoms with Crippen molar-refractivity contribution in [3.05, 3.63) is 65.9 Å². The molecule has 3 rings (SSSR count). The molecule has 2 aromatic carbocycles. The van der Waals surface area contributed by atoms with Crippen molar-refractivity contribution in [3.63, 3.8) is 0 Å². The number of aromatic amines is 1. The number of aromatic nitrogens is 2. The van der Waals surface area contributed by atoms with Gasteiger partial charge in [0.05, 0.1) is 22.5 Å². The number of carbonyl (C=O) groups is 1. The molecule has 106 valence electrons. The Morgan fingerprint density at radius 1 is 1.18 bits per heavy atom. The van der Waals surface area contributed by atoms with Gasteiger partial charge in [0, 0.05) is 11.5 Å². The van der Waals surface area contributed by atoms with Gasteiger partial charge < -0.3 is 5.32 Å². The van der Waals surface area contributed by atoms with Crippen LogP contribution < -0.4 is 5.32 Å². The van der Waals surface area contributed by atoms with Gasteiger partial charge in [-0.1, -0.05) is 30.3 Å². The van der Waals surface area contributed by atoms with Crippen LogP contribution in [0.4, 0.5) is 5.69 Å². The molecule has 0 aliphatic rings. The van der Waals surface area contributed by atoms with E-state index in [0.29, 0.717) is 16.9 Å². The Balaban J connectivity index is 1.78. The molecule has 0 bridgehead atoms. The quantitative estimate of drug-likeness (QED) is 0.727. The van der Waals surface area contributed by atoms with Crippen LogP contribution in [-0.4, -0.2) is 16.1 Å². The number of nitriles is 1. The van der Waals surface area contributed by atoms with Crippen LogP contribution in [0, 0.1) is 11.3 Å². The van der Waals surface area contributed by atoms with Gasteiger partial charge in [-0.25, -0.2) is 0 Å². The molecule has 5 nitrogen and oxygen atoms in total. The first-order chi connectivity index (χ1) is 10.8. The van der Waals surface area contributed by atoms with Crippen molar-refractivity contribution < 1.29 is 4.79 Å². The topological polar surface area (TPSA) is 81.6 Å². The van der Waals surface area contributed by atoms with E-state index in [-0.39, 0.29) is 5.91 Å². The number of benzene rings is 2. The van der Waals surface area contributed by atoms with E-state index < -0.39 is 0 Å². The summed E-state index contributed by atoms with van der Waals surface area (Å²) in [5, 5.41) is 19.7. The number of nitrogens with zero attached hydrogens (tertiary/aromatic N) is 2. The number of hydrogen-bond donors (Lipinski definition) is 2. The second-order valence-electron chi connectivity index (χ2n) is 4.63. The van der Waals surface area contributed by atoms with Crippen LogP contribution in [0.15, 0.2) is 54.6 Å². The summed E-state index contributed by atoms with van der Waals surface area (Å²) in [6.45, 7) is 0. The third-order valence-electron chi connectivity index (χ3n) is 3.20. The number of para-hydroxylation sites is 2. The Bertz CT molecular complexity index is 902. The second-order valence-corrected chi connectivity index (χ2v) is 4.63. The van der Waals surface area contributed by atoms with Crippen molar-refractivity contribution in [2.75, 3.05) is 5.32 Å². The zero-order valence-electron chi connectivity index (χ0n) is 11.6. The predicted octanol–water partition coefficient (Wildman–Crippen LogP) is 3.09. The number of anilines is 1. The molecule has 22 heavy (non-hydrogen) atoms. The van der Waals surface area contributed by atoms with Crippen LogP contribution in [0.5, 0.6) is 0 Å². The van der Waals surface area contributed by atoms with Gasteiger partial charge in [-0.05, 0) is 24.3 Å². The number of fused-ring (bicyclic) bond motifs is 1. The van der Waals surface area contributed by atoms with E-state index in [2.05, 4.69) is 15.5 Å². The number of H-pyrrole nitrogens is 1. The van der Waals surface area contributed by atoms with Crippen molar-refractivity contribution in [1.29, 1.82) is 5.26 Å². The molecule has 0 unspecified atom stereocenters. The minimum Gasteiger partial charge on any atom is -0.321 e. The molecule has 0 saturated carbocycles. The van der Waals surface area contributed by atoms with E-state index >= 15 is 0 Å². The highest BCUT2D eigenvalue weighted by Gasteiger charge is 2.05. The Morgan fingerprint density at radius 3 is 2.82 bits per heavy atom. The average molecular weight is 288 g/mol. The van der Waals surface area contributed by atoms with Crippen LogP contribution >= 0.6 is 0 Å².